The summed E-state index contributed by atoms with van der Waals surface area (Å²) in [5.41, 5.74) is 1.10. The van der Waals surface area contributed by atoms with Gasteiger partial charge in [0.15, 0.2) is 0 Å². The summed E-state index contributed by atoms with van der Waals surface area (Å²) in [6.45, 7) is 0.916. The first-order chi connectivity index (χ1) is 9.60. The molecule has 4 nitrogen and oxygen atoms in total. The Balaban J connectivity index is 1.69. The summed E-state index contributed by atoms with van der Waals surface area (Å²) in [6, 6.07) is 4.75. The minimum atomic E-state index is -0.250. The van der Waals surface area contributed by atoms with Gasteiger partial charge in [-0.1, -0.05) is 23.2 Å². The van der Waals surface area contributed by atoms with E-state index in [9.17, 15) is 4.79 Å². The second-order valence-electron chi connectivity index (χ2n) is 5.01. The molecule has 1 aromatic heterocycles. The highest BCUT2D eigenvalue weighted by Crippen LogP contribution is 2.30. The Morgan fingerprint density at radius 3 is 2.65 bits per heavy atom. The highest BCUT2D eigenvalue weighted by Gasteiger charge is 2.22. The molecule has 1 fully saturated rings. The van der Waals surface area contributed by atoms with Crippen molar-refractivity contribution >= 4 is 34.8 Å². The monoisotopic (exact) mass is 309 g/mol. The molecule has 0 spiro atoms. The van der Waals surface area contributed by atoms with Gasteiger partial charge in [0.25, 0.3) is 5.91 Å². The zero-order valence-electron chi connectivity index (χ0n) is 10.6. The van der Waals surface area contributed by atoms with E-state index in [1.54, 1.807) is 24.4 Å². The van der Waals surface area contributed by atoms with Crippen molar-refractivity contribution in [3.8, 4) is 0 Å². The molecule has 2 aromatic rings. The number of aromatic nitrogens is 2. The SMILES string of the molecule is O=C(Nc1cnn(CC2CC2)c1)c1cc(Cl)cc(Cl)c1. The van der Waals surface area contributed by atoms with Crippen molar-refractivity contribution in [1.29, 1.82) is 0 Å². The van der Waals surface area contributed by atoms with E-state index in [1.807, 2.05) is 10.9 Å². The first kappa shape index (κ1) is 13.5. The molecule has 1 aliphatic carbocycles. The summed E-state index contributed by atoms with van der Waals surface area (Å²) >= 11 is 11.8. The fraction of sp³-hybridized carbons (Fsp3) is 0.286. The maximum absolute atomic E-state index is 12.1. The molecule has 3 rings (SSSR count). The first-order valence-corrected chi connectivity index (χ1v) is 7.15. The average Bonchev–Trinajstić information content (AvgIpc) is 3.08. The fourth-order valence-corrected chi connectivity index (χ4v) is 2.51. The first-order valence-electron chi connectivity index (χ1n) is 6.40. The highest BCUT2D eigenvalue weighted by atomic mass is 35.5. The lowest BCUT2D eigenvalue weighted by molar-refractivity contribution is 0.102. The van der Waals surface area contributed by atoms with Crippen LogP contribution in [-0.2, 0) is 6.54 Å². The molecule has 20 heavy (non-hydrogen) atoms. The van der Waals surface area contributed by atoms with Gasteiger partial charge in [0.2, 0.25) is 0 Å². The number of halogens is 2. The standard InChI is InChI=1S/C14H13Cl2N3O/c15-11-3-10(4-12(16)5-11)14(20)18-13-6-17-19(8-13)7-9-1-2-9/h3-6,8-9H,1-2,7H2,(H,18,20). The summed E-state index contributed by atoms with van der Waals surface area (Å²) in [4.78, 5) is 12.1. The summed E-state index contributed by atoms with van der Waals surface area (Å²) < 4.78 is 1.86. The van der Waals surface area contributed by atoms with Crippen LogP contribution in [-0.4, -0.2) is 15.7 Å². The summed E-state index contributed by atoms with van der Waals surface area (Å²) in [5, 5.41) is 7.89. The minimum absolute atomic E-state index is 0.250. The summed E-state index contributed by atoms with van der Waals surface area (Å²) in [6.07, 6.45) is 6.01. The van der Waals surface area contributed by atoms with Crippen molar-refractivity contribution in [2.24, 2.45) is 5.92 Å². The van der Waals surface area contributed by atoms with Crippen LogP contribution in [0.25, 0.3) is 0 Å². The van der Waals surface area contributed by atoms with Crippen molar-refractivity contribution in [2.75, 3.05) is 5.32 Å². The third-order valence-corrected chi connectivity index (χ3v) is 3.59. The molecular weight excluding hydrogens is 297 g/mol. The largest absolute Gasteiger partial charge is 0.319 e. The van der Waals surface area contributed by atoms with Gasteiger partial charge >= 0.3 is 0 Å². The lowest BCUT2D eigenvalue weighted by atomic mass is 10.2. The van der Waals surface area contributed by atoms with Gasteiger partial charge in [0.05, 0.1) is 11.9 Å². The molecule has 104 valence electrons. The van der Waals surface area contributed by atoms with Gasteiger partial charge in [-0.3, -0.25) is 9.48 Å². The Morgan fingerprint density at radius 2 is 2.00 bits per heavy atom. The van der Waals surface area contributed by atoms with E-state index in [-0.39, 0.29) is 5.91 Å². The molecule has 0 radical (unpaired) electrons. The molecule has 1 aromatic carbocycles. The van der Waals surface area contributed by atoms with Gasteiger partial charge in [-0.2, -0.15) is 5.10 Å². The predicted molar refractivity (Wildman–Crippen MR) is 79.4 cm³/mol. The number of hydrogen-bond acceptors (Lipinski definition) is 2. The maximum atomic E-state index is 12.1. The zero-order valence-corrected chi connectivity index (χ0v) is 12.2. The molecule has 0 bridgehead atoms. The molecule has 1 saturated carbocycles. The normalized spacial score (nSPS) is 14.3. The number of benzene rings is 1. The van der Waals surface area contributed by atoms with Gasteiger partial charge in [-0.15, -0.1) is 0 Å². The zero-order chi connectivity index (χ0) is 14.1. The van der Waals surface area contributed by atoms with E-state index in [1.165, 1.54) is 12.8 Å². The van der Waals surface area contributed by atoms with Crippen LogP contribution in [0.1, 0.15) is 23.2 Å². The predicted octanol–water partition coefficient (Wildman–Crippen LogP) is 3.85. The van der Waals surface area contributed by atoms with E-state index in [0.717, 1.165) is 12.5 Å². The van der Waals surface area contributed by atoms with Gasteiger partial charge < -0.3 is 5.32 Å². The number of carbonyl (C=O) groups excluding carboxylic acids is 1. The maximum Gasteiger partial charge on any atom is 0.255 e. The fourth-order valence-electron chi connectivity index (χ4n) is 1.98. The molecular formula is C14H13Cl2N3O. The smallest absolute Gasteiger partial charge is 0.255 e. The molecule has 0 saturated heterocycles. The van der Waals surface area contributed by atoms with Crippen molar-refractivity contribution in [3.63, 3.8) is 0 Å². The van der Waals surface area contributed by atoms with Crippen LogP contribution in [0.3, 0.4) is 0 Å². The topological polar surface area (TPSA) is 46.9 Å². The lowest BCUT2D eigenvalue weighted by Crippen LogP contribution is -2.11. The molecule has 6 heteroatoms. The number of carbonyl (C=O) groups is 1. The Hall–Kier alpha value is -1.52. The molecule has 1 aliphatic rings. The van der Waals surface area contributed by atoms with Crippen LogP contribution < -0.4 is 5.32 Å². The Kier molecular flexibility index (Phi) is 3.68. The molecule has 0 unspecified atom stereocenters. The molecule has 0 aliphatic heterocycles. The van der Waals surface area contributed by atoms with E-state index < -0.39 is 0 Å². The second-order valence-corrected chi connectivity index (χ2v) is 5.88. The summed E-state index contributed by atoms with van der Waals surface area (Å²) in [7, 11) is 0. The number of anilines is 1. The number of nitrogens with zero attached hydrogens (tertiary/aromatic N) is 2. The van der Waals surface area contributed by atoms with E-state index in [0.29, 0.717) is 21.3 Å². The quantitative estimate of drug-likeness (QED) is 0.932. The van der Waals surface area contributed by atoms with Gasteiger partial charge in [0.1, 0.15) is 0 Å². The summed E-state index contributed by atoms with van der Waals surface area (Å²) in [5.74, 6) is 0.491. The lowest BCUT2D eigenvalue weighted by Gasteiger charge is -2.04. The van der Waals surface area contributed by atoms with Gasteiger partial charge in [-0.25, -0.2) is 0 Å². The van der Waals surface area contributed by atoms with Crippen molar-refractivity contribution in [1.82, 2.24) is 9.78 Å². The second kappa shape index (κ2) is 5.46. The van der Waals surface area contributed by atoms with Crippen LogP contribution in [0.15, 0.2) is 30.6 Å². The van der Waals surface area contributed by atoms with Crippen LogP contribution in [0.5, 0.6) is 0 Å². The third kappa shape index (κ3) is 3.32. The molecule has 1 heterocycles. The number of nitrogens with one attached hydrogen (secondary N) is 1. The molecule has 1 amide bonds. The van der Waals surface area contributed by atoms with Crippen LogP contribution in [0.2, 0.25) is 10.0 Å². The number of hydrogen-bond donors (Lipinski definition) is 1. The average molecular weight is 310 g/mol. The Labute approximate surface area is 126 Å². The van der Waals surface area contributed by atoms with Crippen LogP contribution >= 0.6 is 23.2 Å². The number of amides is 1. The third-order valence-electron chi connectivity index (χ3n) is 3.16. The van der Waals surface area contributed by atoms with Gasteiger partial charge in [0, 0.05) is 28.4 Å². The Bertz CT molecular complexity index is 629. The highest BCUT2D eigenvalue weighted by molar-refractivity contribution is 6.35. The molecule has 0 atom stereocenters. The van der Waals surface area contributed by atoms with E-state index in [4.69, 9.17) is 23.2 Å². The van der Waals surface area contributed by atoms with Crippen molar-refractivity contribution < 1.29 is 4.79 Å². The molecule has 1 N–H and O–H groups in total. The van der Waals surface area contributed by atoms with Crippen molar-refractivity contribution in [3.05, 3.63) is 46.2 Å². The Morgan fingerprint density at radius 1 is 1.30 bits per heavy atom. The van der Waals surface area contributed by atoms with E-state index >= 15 is 0 Å². The van der Waals surface area contributed by atoms with Crippen molar-refractivity contribution in [2.45, 2.75) is 19.4 Å². The van der Waals surface area contributed by atoms with Crippen LogP contribution in [0.4, 0.5) is 5.69 Å². The minimum Gasteiger partial charge on any atom is -0.319 e. The number of rotatable bonds is 4. The van der Waals surface area contributed by atoms with E-state index in [2.05, 4.69) is 10.4 Å². The van der Waals surface area contributed by atoms with Crippen LogP contribution in [0, 0.1) is 5.92 Å². The van der Waals surface area contributed by atoms with Gasteiger partial charge in [-0.05, 0) is 37.0 Å².